The van der Waals surface area contributed by atoms with Gasteiger partial charge in [0.15, 0.2) is 0 Å². The first-order valence-electron chi connectivity index (χ1n) is 8.42. The van der Waals surface area contributed by atoms with Gasteiger partial charge in [0, 0.05) is 18.9 Å². The molecule has 24 heavy (non-hydrogen) atoms. The Morgan fingerprint density at radius 2 is 1.96 bits per heavy atom. The van der Waals surface area contributed by atoms with Crippen LogP contribution >= 0.6 is 0 Å². The first-order valence-corrected chi connectivity index (χ1v) is 8.42. The quantitative estimate of drug-likeness (QED) is 0.818. The molecule has 2 aromatic rings. The number of carbonyl (C=O) groups is 1. The molecule has 1 aliphatic rings. The fourth-order valence-corrected chi connectivity index (χ4v) is 3.11. The number of carbonyl (C=O) groups excluding carboxylic acids is 1. The van der Waals surface area contributed by atoms with Crippen LogP contribution in [0.1, 0.15) is 41.6 Å². The zero-order chi connectivity index (χ0) is 16.8. The molecule has 1 aliphatic carbocycles. The number of pyridine rings is 1. The van der Waals surface area contributed by atoms with E-state index in [2.05, 4.69) is 10.3 Å². The van der Waals surface area contributed by atoms with Gasteiger partial charge in [0.1, 0.15) is 5.75 Å². The second-order valence-corrected chi connectivity index (χ2v) is 6.21. The zero-order valence-electron chi connectivity index (χ0n) is 13.7. The van der Waals surface area contributed by atoms with Gasteiger partial charge >= 0.3 is 0 Å². The molecular formula is C19H23N3O2. The Morgan fingerprint density at radius 1 is 1.21 bits per heavy atom. The van der Waals surface area contributed by atoms with Gasteiger partial charge in [-0.1, -0.05) is 18.9 Å². The third kappa shape index (κ3) is 4.04. The maximum absolute atomic E-state index is 11.8. The van der Waals surface area contributed by atoms with Crippen molar-refractivity contribution < 1.29 is 9.53 Å². The van der Waals surface area contributed by atoms with Crippen molar-refractivity contribution in [3.8, 4) is 5.75 Å². The number of aromatic nitrogens is 1. The van der Waals surface area contributed by atoms with Crippen molar-refractivity contribution in [2.75, 3.05) is 11.9 Å². The summed E-state index contributed by atoms with van der Waals surface area (Å²) in [5.74, 6) is 0.834. The number of nitrogens with two attached hydrogens (primary N) is 1. The van der Waals surface area contributed by atoms with Crippen LogP contribution in [0.15, 0.2) is 42.7 Å². The van der Waals surface area contributed by atoms with E-state index in [0.29, 0.717) is 36.1 Å². The molecule has 0 spiro atoms. The number of rotatable bonds is 7. The van der Waals surface area contributed by atoms with Crippen LogP contribution < -0.4 is 15.8 Å². The topological polar surface area (TPSA) is 77.2 Å². The number of hydrogen-bond acceptors (Lipinski definition) is 4. The highest BCUT2D eigenvalue weighted by Crippen LogP contribution is 2.31. The molecule has 0 atom stereocenters. The number of para-hydroxylation sites is 1. The number of ether oxygens (including phenoxy) is 1. The van der Waals surface area contributed by atoms with E-state index in [1.165, 1.54) is 25.7 Å². The minimum atomic E-state index is -0.460. The molecule has 1 saturated carbocycles. The highest BCUT2D eigenvalue weighted by molar-refractivity contribution is 5.99. The average molecular weight is 325 g/mol. The maximum atomic E-state index is 11.8. The summed E-state index contributed by atoms with van der Waals surface area (Å²) in [5, 5.41) is 3.30. The fourth-order valence-electron chi connectivity index (χ4n) is 3.11. The van der Waals surface area contributed by atoms with Crippen LogP contribution in [0.4, 0.5) is 5.69 Å². The van der Waals surface area contributed by atoms with Crippen molar-refractivity contribution in [1.82, 2.24) is 4.98 Å². The summed E-state index contributed by atoms with van der Waals surface area (Å²) in [6.07, 6.45) is 8.48. The summed E-state index contributed by atoms with van der Waals surface area (Å²) >= 11 is 0. The van der Waals surface area contributed by atoms with Gasteiger partial charge in [-0.2, -0.15) is 0 Å². The molecule has 1 aromatic heterocycles. The van der Waals surface area contributed by atoms with E-state index >= 15 is 0 Å². The van der Waals surface area contributed by atoms with Crippen molar-refractivity contribution >= 4 is 11.6 Å². The minimum absolute atomic E-state index is 0.452. The predicted molar refractivity (Wildman–Crippen MR) is 94.0 cm³/mol. The van der Waals surface area contributed by atoms with Gasteiger partial charge in [0.25, 0.3) is 5.91 Å². The van der Waals surface area contributed by atoms with E-state index in [9.17, 15) is 4.79 Å². The first-order chi connectivity index (χ1) is 11.7. The van der Waals surface area contributed by atoms with Gasteiger partial charge in [-0.05, 0) is 48.6 Å². The smallest absolute Gasteiger partial charge is 0.250 e. The van der Waals surface area contributed by atoms with Crippen LogP contribution in [-0.4, -0.2) is 17.5 Å². The molecule has 126 valence electrons. The monoisotopic (exact) mass is 325 g/mol. The van der Waals surface area contributed by atoms with Gasteiger partial charge < -0.3 is 15.8 Å². The van der Waals surface area contributed by atoms with Gasteiger partial charge in [0.2, 0.25) is 0 Å². The molecule has 0 unspecified atom stereocenters. The van der Waals surface area contributed by atoms with Crippen molar-refractivity contribution in [2.24, 2.45) is 11.7 Å². The summed E-state index contributed by atoms with van der Waals surface area (Å²) in [6.45, 7) is 1.26. The second-order valence-electron chi connectivity index (χ2n) is 6.21. The van der Waals surface area contributed by atoms with E-state index in [1.54, 1.807) is 18.5 Å². The molecule has 1 heterocycles. The van der Waals surface area contributed by atoms with E-state index in [1.807, 2.05) is 24.3 Å². The molecule has 3 N–H and O–H groups in total. The first kappa shape index (κ1) is 16.3. The number of primary amides is 1. The van der Waals surface area contributed by atoms with Crippen molar-refractivity contribution in [3.63, 3.8) is 0 Å². The normalized spacial score (nSPS) is 14.5. The van der Waals surface area contributed by atoms with Crippen LogP contribution in [0.5, 0.6) is 5.75 Å². The van der Waals surface area contributed by atoms with Crippen LogP contribution in [0.2, 0.25) is 0 Å². The van der Waals surface area contributed by atoms with Gasteiger partial charge in [-0.25, -0.2) is 0 Å². The number of amides is 1. The minimum Gasteiger partial charge on any atom is -0.491 e. The molecule has 1 aromatic carbocycles. The standard InChI is InChI=1S/C19H23N3O2/c20-19(23)16-6-3-7-17(24-13-15-4-1-2-5-15)18(16)22-12-14-8-10-21-11-9-14/h3,6-11,15,22H,1-2,4-5,12-13H2,(H2,20,23). The Hall–Kier alpha value is -2.56. The highest BCUT2D eigenvalue weighted by Gasteiger charge is 2.18. The van der Waals surface area contributed by atoms with Crippen LogP contribution in [0, 0.1) is 5.92 Å². The molecule has 5 nitrogen and oxygen atoms in total. The molecule has 1 amide bonds. The molecule has 1 fully saturated rings. The van der Waals surface area contributed by atoms with E-state index in [4.69, 9.17) is 10.5 Å². The Labute approximate surface area is 142 Å². The van der Waals surface area contributed by atoms with Gasteiger partial charge in [0.05, 0.1) is 17.9 Å². The fraction of sp³-hybridized carbons (Fsp3) is 0.368. The van der Waals surface area contributed by atoms with E-state index < -0.39 is 5.91 Å². The summed E-state index contributed by atoms with van der Waals surface area (Å²) < 4.78 is 6.02. The molecule has 5 heteroatoms. The number of nitrogens with zero attached hydrogens (tertiary/aromatic N) is 1. The summed E-state index contributed by atoms with van der Waals surface area (Å²) in [6, 6.07) is 9.27. The van der Waals surface area contributed by atoms with E-state index in [-0.39, 0.29) is 0 Å². The maximum Gasteiger partial charge on any atom is 0.250 e. The lowest BCUT2D eigenvalue weighted by atomic mass is 10.1. The molecule has 3 rings (SSSR count). The molecule has 0 radical (unpaired) electrons. The molecule has 0 saturated heterocycles. The van der Waals surface area contributed by atoms with Crippen LogP contribution in [-0.2, 0) is 6.54 Å². The number of hydrogen-bond donors (Lipinski definition) is 2. The molecular weight excluding hydrogens is 302 g/mol. The Bertz CT molecular complexity index is 682. The molecule has 0 bridgehead atoms. The largest absolute Gasteiger partial charge is 0.491 e. The van der Waals surface area contributed by atoms with Gasteiger partial charge in [-0.3, -0.25) is 9.78 Å². The number of nitrogens with one attached hydrogen (secondary N) is 1. The van der Waals surface area contributed by atoms with Gasteiger partial charge in [-0.15, -0.1) is 0 Å². The Kier molecular flexibility index (Phi) is 5.31. The predicted octanol–water partition coefficient (Wildman–Crippen LogP) is 3.36. The summed E-state index contributed by atoms with van der Waals surface area (Å²) in [7, 11) is 0. The lowest BCUT2D eigenvalue weighted by Crippen LogP contribution is -2.16. The Morgan fingerprint density at radius 3 is 2.67 bits per heavy atom. The van der Waals surface area contributed by atoms with Crippen molar-refractivity contribution in [2.45, 2.75) is 32.2 Å². The number of anilines is 1. The van der Waals surface area contributed by atoms with Crippen LogP contribution in [0.3, 0.4) is 0 Å². The SMILES string of the molecule is NC(=O)c1cccc(OCC2CCCC2)c1NCc1ccncc1. The lowest BCUT2D eigenvalue weighted by molar-refractivity contribution is 0.100. The molecule has 0 aliphatic heterocycles. The summed E-state index contributed by atoms with van der Waals surface area (Å²) in [4.78, 5) is 15.8. The highest BCUT2D eigenvalue weighted by atomic mass is 16.5. The average Bonchev–Trinajstić information content (AvgIpc) is 3.12. The lowest BCUT2D eigenvalue weighted by Gasteiger charge is -2.18. The van der Waals surface area contributed by atoms with Crippen molar-refractivity contribution in [3.05, 3.63) is 53.9 Å². The van der Waals surface area contributed by atoms with E-state index in [0.717, 1.165) is 5.56 Å². The van der Waals surface area contributed by atoms with Crippen molar-refractivity contribution in [1.29, 1.82) is 0 Å². The van der Waals surface area contributed by atoms with Crippen LogP contribution in [0.25, 0.3) is 0 Å². The Balaban J connectivity index is 1.76. The zero-order valence-corrected chi connectivity index (χ0v) is 13.7. The second kappa shape index (κ2) is 7.81. The third-order valence-electron chi connectivity index (χ3n) is 4.46. The number of benzene rings is 1. The summed E-state index contributed by atoms with van der Waals surface area (Å²) in [5.41, 5.74) is 7.72. The third-order valence-corrected chi connectivity index (χ3v) is 4.46.